The van der Waals surface area contributed by atoms with Crippen LogP contribution < -0.4 is 5.73 Å². The van der Waals surface area contributed by atoms with E-state index in [9.17, 15) is 14.3 Å². The summed E-state index contributed by atoms with van der Waals surface area (Å²) >= 11 is 0. The number of hydrogen-bond acceptors (Lipinski definition) is 4. The summed E-state index contributed by atoms with van der Waals surface area (Å²) in [6, 6.07) is 1.62. The molecule has 5 nitrogen and oxygen atoms in total. The molecule has 1 aromatic rings. The number of carbonyl (C=O) groups is 1. The third-order valence-corrected chi connectivity index (χ3v) is 1.84. The number of aromatic hydroxyl groups is 1. The molecule has 1 rings (SSSR count). The van der Waals surface area contributed by atoms with Crippen LogP contribution in [0.15, 0.2) is 12.1 Å². The molecule has 0 amide bonds. The minimum atomic E-state index is -1.49. The van der Waals surface area contributed by atoms with Crippen LogP contribution in [0.4, 0.5) is 4.39 Å². The summed E-state index contributed by atoms with van der Waals surface area (Å²) < 4.78 is 12.9. The van der Waals surface area contributed by atoms with Gasteiger partial charge in [0.25, 0.3) is 0 Å². The number of nitrogens with two attached hydrogens (primary N) is 1. The minimum absolute atomic E-state index is 0.194. The van der Waals surface area contributed by atoms with Crippen molar-refractivity contribution in [3.8, 4) is 11.8 Å². The van der Waals surface area contributed by atoms with Gasteiger partial charge in [0.2, 0.25) is 0 Å². The molecular formula is C9H7FN2O3. The lowest BCUT2D eigenvalue weighted by Gasteiger charge is -2.09. The fourth-order valence-electron chi connectivity index (χ4n) is 1.05. The molecule has 0 fully saturated rings. The molecule has 15 heavy (non-hydrogen) atoms. The molecule has 0 saturated heterocycles. The van der Waals surface area contributed by atoms with Crippen molar-refractivity contribution in [2.24, 2.45) is 5.73 Å². The lowest BCUT2D eigenvalue weighted by atomic mass is 10.0. The first-order chi connectivity index (χ1) is 6.97. The summed E-state index contributed by atoms with van der Waals surface area (Å²) in [5.41, 5.74) is 4.67. The quantitative estimate of drug-likeness (QED) is 0.658. The maximum atomic E-state index is 12.9. The lowest BCUT2D eigenvalue weighted by molar-refractivity contribution is -0.138. The van der Waals surface area contributed by atoms with Gasteiger partial charge in [-0.1, -0.05) is 0 Å². The van der Waals surface area contributed by atoms with Crippen LogP contribution in [0.1, 0.15) is 17.2 Å². The van der Waals surface area contributed by atoms with Crippen LogP contribution >= 0.6 is 0 Å². The maximum absolute atomic E-state index is 12.9. The summed E-state index contributed by atoms with van der Waals surface area (Å²) in [7, 11) is 0. The number of carboxylic acid groups (broad SMARTS) is 1. The van der Waals surface area contributed by atoms with Gasteiger partial charge < -0.3 is 15.9 Å². The van der Waals surface area contributed by atoms with Crippen molar-refractivity contribution in [3.05, 3.63) is 29.1 Å². The van der Waals surface area contributed by atoms with Crippen LogP contribution in [0.5, 0.6) is 5.75 Å². The van der Waals surface area contributed by atoms with Crippen molar-refractivity contribution < 1.29 is 19.4 Å². The van der Waals surface area contributed by atoms with Gasteiger partial charge in [-0.3, -0.25) is 4.79 Å². The lowest BCUT2D eigenvalue weighted by Crippen LogP contribution is -2.21. The molecule has 6 heteroatoms. The van der Waals surface area contributed by atoms with Gasteiger partial charge in [-0.2, -0.15) is 5.26 Å². The number of benzene rings is 1. The Morgan fingerprint density at radius 2 is 2.20 bits per heavy atom. The second kappa shape index (κ2) is 3.94. The third kappa shape index (κ3) is 2.03. The molecule has 0 aliphatic heterocycles. The molecule has 0 heterocycles. The van der Waals surface area contributed by atoms with E-state index in [1.807, 2.05) is 0 Å². The molecule has 0 aliphatic rings. The third-order valence-electron chi connectivity index (χ3n) is 1.84. The summed E-state index contributed by atoms with van der Waals surface area (Å²) in [4.78, 5) is 10.5. The first kappa shape index (κ1) is 10.9. The van der Waals surface area contributed by atoms with E-state index in [2.05, 4.69) is 0 Å². The average Bonchev–Trinajstić information content (AvgIpc) is 2.17. The number of aliphatic carboxylic acids is 1. The summed E-state index contributed by atoms with van der Waals surface area (Å²) in [6.45, 7) is 0. The van der Waals surface area contributed by atoms with E-state index in [-0.39, 0.29) is 11.1 Å². The molecule has 4 N–H and O–H groups in total. The Morgan fingerprint density at radius 1 is 1.60 bits per heavy atom. The van der Waals surface area contributed by atoms with E-state index in [4.69, 9.17) is 16.1 Å². The predicted molar refractivity (Wildman–Crippen MR) is 47.3 cm³/mol. The highest BCUT2D eigenvalue weighted by atomic mass is 19.1. The maximum Gasteiger partial charge on any atom is 0.325 e. The van der Waals surface area contributed by atoms with Crippen LogP contribution in [0.3, 0.4) is 0 Å². The first-order valence-corrected chi connectivity index (χ1v) is 3.88. The van der Waals surface area contributed by atoms with Crippen LogP contribution in [-0.4, -0.2) is 16.2 Å². The zero-order valence-corrected chi connectivity index (χ0v) is 7.44. The first-order valence-electron chi connectivity index (χ1n) is 3.88. The fraction of sp³-hybridized carbons (Fsp3) is 0.111. The normalized spacial score (nSPS) is 11.8. The van der Waals surface area contributed by atoms with Gasteiger partial charge in [0.1, 0.15) is 23.7 Å². The van der Waals surface area contributed by atoms with Crippen LogP contribution in [0, 0.1) is 17.1 Å². The summed E-state index contributed by atoms with van der Waals surface area (Å²) in [5, 5.41) is 26.3. The zero-order chi connectivity index (χ0) is 11.6. The van der Waals surface area contributed by atoms with Crippen LogP contribution in [0.25, 0.3) is 0 Å². The van der Waals surface area contributed by atoms with Crippen molar-refractivity contribution in [3.63, 3.8) is 0 Å². The number of nitriles is 1. The number of nitrogens with zero attached hydrogens (tertiary/aromatic N) is 1. The Hall–Kier alpha value is -2.13. The van der Waals surface area contributed by atoms with Crippen molar-refractivity contribution in [1.82, 2.24) is 0 Å². The van der Waals surface area contributed by atoms with Crippen LogP contribution in [-0.2, 0) is 4.79 Å². The Labute approximate surface area is 84.2 Å². The van der Waals surface area contributed by atoms with Crippen molar-refractivity contribution in [2.75, 3.05) is 0 Å². The van der Waals surface area contributed by atoms with Gasteiger partial charge in [-0.05, 0) is 6.07 Å². The molecule has 0 unspecified atom stereocenters. The van der Waals surface area contributed by atoms with E-state index in [1.54, 1.807) is 0 Å². The molecule has 0 aromatic heterocycles. The fourth-order valence-corrected chi connectivity index (χ4v) is 1.05. The average molecular weight is 210 g/mol. The number of phenolic OH excluding ortho intramolecular Hbond substituents is 1. The van der Waals surface area contributed by atoms with Crippen molar-refractivity contribution in [1.29, 1.82) is 5.26 Å². The minimum Gasteiger partial charge on any atom is -0.507 e. The Balaban J connectivity index is 3.32. The molecule has 1 aromatic carbocycles. The van der Waals surface area contributed by atoms with Crippen molar-refractivity contribution in [2.45, 2.75) is 6.04 Å². The molecule has 0 spiro atoms. The highest BCUT2D eigenvalue weighted by Crippen LogP contribution is 2.26. The zero-order valence-electron chi connectivity index (χ0n) is 7.44. The second-order valence-corrected chi connectivity index (χ2v) is 2.82. The summed E-state index contributed by atoms with van der Waals surface area (Å²) in [5.74, 6) is -2.88. The number of halogens is 1. The second-order valence-electron chi connectivity index (χ2n) is 2.82. The van der Waals surface area contributed by atoms with E-state index < -0.39 is 23.6 Å². The Kier molecular flexibility index (Phi) is 2.87. The molecule has 0 saturated carbocycles. The van der Waals surface area contributed by atoms with Gasteiger partial charge >= 0.3 is 5.97 Å². The predicted octanol–water partition coefficient (Wildman–Crippen LogP) is 0.487. The molecular weight excluding hydrogens is 203 g/mol. The smallest absolute Gasteiger partial charge is 0.325 e. The number of rotatable bonds is 2. The van der Waals surface area contributed by atoms with Crippen molar-refractivity contribution >= 4 is 5.97 Å². The molecule has 0 radical (unpaired) electrons. The number of hydrogen-bond donors (Lipinski definition) is 3. The van der Waals surface area contributed by atoms with Crippen LogP contribution in [0.2, 0.25) is 0 Å². The molecule has 0 aliphatic carbocycles. The SMILES string of the molecule is N#Cc1cc([C@H](N)C(=O)O)c(O)cc1F. The van der Waals surface area contributed by atoms with Gasteiger partial charge in [-0.15, -0.1) is 0 Å². The molecule has 0 bridgehead atoms. The van der Waals surface area contributed by atoms with E-state index >= 15 is 0 Å². The summed E-state index contributed by atoms with van der Waals surface area (Å²) in [6.07, 6.45) is 0. The van der Waals surface area contributed by atoms with Gasteiger partial charge in [0, 0.05) is 11.6 Å². The topological polar surface area (TPSA) is 107 Å². The van der Waals surface area contributed by atoms with Gasteiger partial charge in [0.15, 0.2) is 0 Å². The molecule has 1 atom stereocenters. The van der Waals surface area contributed by atoms with Gasteiger partial charge in [-0.25, -0.2) is 4.39 Å². The number of phenols is 1. The monoisotopic (exact) mass is 210 g/mol. The molecule has 78 valence electrons. The standard InChI is InChI=1S/C9H7FN2O3/c10-6-2-7(13)5(1-4(6)3-11)8(12)9(14)15/h1-2,8,13H,12H2,(H,14,15)/t8-/m0/s1. The highest BCUT2D eigenvalue weighted by Gasteiger charge is 2.20. The van der Waals surface area contributed by atoms with E-state index in [0.717, 1.165) is 6.07 Å². The number of carboxylic acids is 1. The van der Waals surface area contributed by atoms with E-state index in [1.165, 1.54) is 6.07 Å². The Morgan fingerprint density at radius 3 is 2.67 bits per heavy atom. The van der Waals surface area contributed by atoms with E-state index in [0.29, 0.717) is 6.07 Å². The largest absolute Gasteiger partial charge is 0.507 e. The highest BCUT2D eigenvalue weighted by molar-refractivity contribution is 5.76. The Bertz CT molecular complexity index is 453. The van der Waals surface area contributed by atoms with Gasteiger partial charge in [0.05, 0.1) is 5.56 Å².